The largest absolute Gasteiger partial charge is 0.294 e. The van der Waals surface area contributed by atoms with E-state index in [1.807, 2.05) is 31.2 Å². The molecule has 1 aromatic carbocycles. The quantitative estimate of drug-likeness (QED) is 0.609. The predicted molar refractivity (Wildman–Crippen MR) is 77.6 cm³/mol. The van der Waals surface area contributed by atoms with Gasteiger partial charge in [0.05, 0.1) is 9.77 Å². The molecule has 18 heavy (non-hydrogen) atoms. The predicted octanol–water partition coefficient (Wildman–Crippen LogP) is 4.52. The van der Waals surface area contributed by atoms with Gasteiger partial charge in [0.15, 0.2) is 10.9 Å². The maximum Gasteiger partial charge on any atom is 0.194 e. The fraction of sp³-hybridized carbons (Fsp3) is 0.286. The molecule has 0 bridgehead atoms. The summed E-state index contributed by atoms with van der Waals surface area (Å²) in [6.45, 7) is 3.54. The van der Waals surface area contributed by atoms with Crippen LogP contribution in [0.3, 0.4) is 0 Å². The Hall–Kier alpha value is -1.13. The van der Waals surface area contributed by atoms with Gasteiger partial charge in [-0.1, -0.05) is 25.1 Å². The Labute approximate surface area is 114 Å². The van der Waals surface area contributed by atoms with Crippen LogP contribution in [-0.4, -0.2) is 10.9 Å². The van der Waals surface area contributed by atoms with Crippen molar-refractivity contribution in [2.75, 3.05) is 0 Å². The molecule has 94 valence electrons. The lowest BCUT2D eigenvalue weighted by Crippen LogP contribution is -1.95. The van der Waals surface area contributed by atoms with E-state index < -0.39 is 0 Å². The highest BCUT2D eigenvalue weighted by atomic mass is 32.2. The molecule has 0 saturated heterocycles. The molecule has 0 unspecified atom stereocenters. The zero-order valence-electron chi connectivity index (χ0n) is 10.4. The van der Waals surface area contributed by atoms with Crippen LogP contribution < -0.4 is 0 Å². The molecule has 0 atom stereocenters. The molecule has 1 heterocycles. The average molecular weight is 278 g/mol. The van der Waals surface area contributed by atoms with Gasteiger partial charge in [-0.3, -0.25) is 9.59 Å². The van der Waals surface area contributed by atoms with Gasteiger partial charge in [-0.2, -0.15) is 0 Å². The number of thioether (sulfide) groups is 1. The van der Waals surface area contributed by atoms with Gasteiger partial charge in [0, 0.05) is 16.5 Å². The molecule has 1 aromatic heterocycles. The normalized spacial score (nSPS) is 10.8. The van der Waals surface area contributed by atoms with Gasteiger partial charge < -0.3 is 0 Å². The minimum Gasteiger partial charge on any atom is -0.294 e. The van der Waals surface area contributed by atoms with Crippen LogP contribution in [0, 0.1) is 0 Å². The molecule has 0 saturated carbocycles. The van der Waals surface area contributed by atoms with Gasteiger partial charge in [0.25, 0.3) is 0 Å². The molecule has 2 aromatic rings. The second kappa shape index (κ2) is 5.67. The third-order valence-electron chi connectivity index (χ3n) is 2.58. The van der Waals surface area contributed by atoms with Crippen LogP contribution in [0.4, 0.5) is 0 Å². The number of Topliss-reactive ketones (excluding diaryl/α,β-unsaturated/α-hetero) is 1. The first-order valence-corrected chi connectivity index (χ1v) is 7.50. The van der Waals surface area contributed by atoms with Gasteiger partial charge in [-0.05, 0) is 31.2 Å². The standard InChI is InChI=1S/C14H14O2S2/c1-3-6-12(16)18-14-13(9(2)15)10-7-4-5-8-11(10)17-14/h4-5,7-8H,3,6H2,1-2H3. The van der Waals surface area contributed by atoms with Crippen molar-refractivity contribution in [3.05, 3.63) is 29.8 Å². The van der Waals surface area contributed by atoms with Crippen molar-refractivity contribution < 1.29 is 9.59 Å². The fourth-order valence-electron chi connectivity index (χ4n) is 1.79. The van der Waals surface area contributed by atoms with E-state index in [0.717, 1.165) is 20.7 Å². The number of benzene rings is 1. The van der Waals surface area contributed by atoms with Crippen LogP contribution >= 0.6 is 23.1 Å². The molecule has 0 aliphatic rings. The maximum atomic E-state index is 11.8. The molecule has 2 rings (SSSR count). The Kier molecular flexibility index (Phi) is 4.19. The lowest BCUT2D eigenvalue weighted by molar-refractivity contribution is -0.111. The van der Waals surface area contributed by atoms with Crippen molar-refractivity contribution in [1.82, 2.24) is 0 Å². The Bertz CT molecular complexity index is 599. The van der Waals surface area contributed by atoms with Gasteiger partial charge in [0.2, 0.25) is 0 Å². The minimum atomic E-state index is 0.0271. The Morgan fingerprint density at radius 3 is 2.67 bits per heavy atom. The third-order valence-corrected chi connectivity index (χ3v) is 4.86. The molecule has 2 nitrogen and oxygen atoms in total. The van der Waals surface area contributed by atoms with E-state index in [2.05, 4.69) is 0 Å². The highest BCUT2D eigenvalue weighted by Crippen LogP contribution is 2.39. The minimum absolute atomic E-state index is 0.0271. The van der Waals surface area contributed by atoms with Gasteiger partial charge in [-0.25, -0.2) is 0 Å². The van der Waals surface area contributed by atoms with Crippen LogP contribution in [-0.2, 0) is 4.79 Å². The fourth-order valence-corrected chi connectivity index (χ4v) is 4.35. The molecule has 0 amide bonds. The van der Waals surface area contributed by atoms with Crippen molar-refractivity contribution in [2.24, 2.45) is 0 Å². The first-order chi connectivity index (χ1) is 8.63. The number of rotatable bonds is 4. The van der Waals surface area contributed by atoms with Crippen molar-refractivity contribution in [1.29, 1.82) is 0 Å². The van der Waals surface area contributed by atoms with Crippen molar-refractivity contribution in [3.63, 3.8) is 0 Å². The Balaban J connectivity index is 2.46. The lowest BCUT2D eigenvalue weighted by atomic mass is 10.1. The highest BCUT2D eigenvalue weighted by molar-refractivity contribution is 8.15. The molecule has 0 radical (unpaired) electrons. The lowest BCUT2D eigenvalue weighted by Gasteiger charge is -1.99. The second-order valence-corrected chi connectivity index (χ2v) is 6.42. The zero-order valence-corrected chi connectivity index (χ0v) is 12.0. The first kappa shape index (κ1) is 13.3. The van der Waals surface area contributed by atoms with Crippen molar-refractivity contribution in [2.45, 2.75) is 30.9 Å². The molecular weight excluding hydrogens is 264 g/mol. The summed E-state index contributed by atoms with van der Waals surface area (Å²) in [6, 6.07) is 7.80. The van der Waals surface area contributed by atoms with Gasteiger partial charge in [-0.15, -0.1) is 11.3 Å². The number of hydrogen-bond donors (Lipinski definition) is 0. The molecule has 0 aliphatic carbocycles. The summed E-state index contributed by atoms with van der Waals surface area (Å²) in [4.78, 5) is 23.5. The average Bonchev–Trinajstić information content (AvgIpc) is 2.66. The van der Waals surface area contributed by atoms with Crippen LogP contribution in [0.15, 0.2) is 28.5 Å². The summed E-state index contributed by atoms with van der Waals surface area (Å²) in [6.07, 6.45) is 1.39. The van der Waals surface area contributed by atoms with E-state index in [0.29, 0.717) is 12.0 Å². The van der Waals surface area contributed by atoms with Crippen LogP contribution in [0.5, 0.6) is 0 Å². The summed E-state index contributed by atoms with van der Waals surface area (Å²) in [5, 5.41) is 1.09. The van der Waals surface area contributed by atoms with Crippen molar-refractivity contribution >= 4 is 44.1 Å². The van der Waals surface area contributed by atoms with E-state index >= 15 is 0 Å². The number of ketones is 1. The summed E-state index contributed by atoms with van der Waals surface area (Å²) in [5.74, 6) is 0.0271. The van der Waals surface area contributed by atoms with E-state index in [-0.39, 0.29) is 10.9 Å². The topological polar surface area (TPSA) is 34.1 Å². The summed E-state index contributed by atoms with van der Waals surface area (Å²) in [7, 11) is 0. The summed E-state index contributed by atoms with van der Waals surface area (Å²) >= 11 is 2.74. The molecule has 0 fully saturated rings. The van der Waals surface area contributed by atoms with Crippen molar-refractivity contribution in [3.8, 4) is 0 Å². The van der Waals surface area contributed by atoms with Crippen LogP contribution in [0.1, 0.15) is 37.0 Å². The summed E-state index contributed by atoms with van der Waals surface area (Å²) < 4.78 is 1.90. The summed E-state index contributed by atoms with van der Waals surface area (Å²) in [5.41, 5.74) is 0.699. The second-order valence-electron chi connectivity index (χ2n) is 4.04. The molecule has 4 heteroatoms. The number of carbonyl (C=O) groups is 2. The number of fused-ring (bicyclic) bond motifs is 1. The van der Waals surface area contributed by atoms with E-state index in [9.17, 15) is 9.59 Å². The Morgan fingerprint density at radius 2 is 2.00 bits per heavy atom. The molecule has 0 aliphatic heterocycles. The molecule has 0 N–H and O–H groups in total. The smallest absolute Gasteiger partial charge is 0.194 e. The maximum absolute atomic E-state index is 11.8. The first-order valence-electron chi connectivity index (χ1n) is 5.86. The third kappa shape index (κ3) is 2.65. The number of hydrogen-bond acceptors (Lipinski definition) is 4. The highest BCUT2D eigenvalue weighted by Gasteiger charge is 2.18. The van der Waals surface area contributed by atoms with Crippen LogP contribution in [0.25, 0.3) is 10.1 Å². The molecular formula is C14H14O2S2. The zero-order chi connectivity index (χ0) is 13.1. The van der Waals surface area contributed by atoms with Gasteiger partial charge >= 0.3 is 0 Å². The Morgan fingerprint density at radius 1 is 1.28 bits per heavy atom. The number of thiophene rings is 1. The van der Waals surface area contributed by atoms with E-state index in [4.69, 9.17) is 0 Å². The van der Waals surface area contributed by atoms with E-state index in [1.165, 1.54) is 23.1 Å². The van der Waals surface area contributed by atoms with Gasteiger partial charge in [0.1, 0.15) is 0 Å². The monoisotopic (exact) mass is 278 g/mol. The SMILES string of the molecule is CCCC(=O)Sc1sc2ccccc2c1C(C)=O. The van der Waals surface area contributed by atoms with Crippen LogP contribution in [0.2, 0.25) is 0 Å². The van der Waals surface area contributed by atoms with E-state index in [1.54, 1.807) is 6.92 Å². The molecule has 0 spiro atoms. The number of carbonyl (C=O) groups excluding carboxylic acids is 2.